The Balaban J connectivity index is 2.17. The van der Waals surface area contributed by atoms with Crippen molar-refractivity contribution in [2.75, 3.05) is 16.8 Å². The molecule has 0 aromatic heterocycles. The first-order chi connectivity index (χ1) is 13.1. The van der Waals surface area contributed by atoms with Crippen molar-refractivity contribution in [2.45, 2.75) is 40.0 Å². The van der Waals surface area contributed by atoms with Gasteiger partial charge in [0.25, 0.3) is 0 Å². The summed E-state index contributed by atoms with van der Waals surface area (Å²) in [6, 6.07) is 7.42. The van der Waals surface area contributed by atoms with Crippen LogP contribution < -0.4 is 10.2 Å². The summed E-state index contributed by atoms with van der Waals surface area (Å²) in [4.78, 5) is 25.2. The number of hydrogen-bond acceptors (Lipinski definition) is 2. The lowest BCUT2D eigenvalue weighted by Crippen LogP contribution is -2.33. The Hall–Kier alpha value is -2.83. The van der Waals surface area contributed by atoms with Crippen LogP contribution in [0.3, 0.4) is 0 Å². The van der Waals surface area contributed by atoms with Crippen LogP contribution in [-0.2, 0) is 9.59 Å². The zero-order valence-corrected chi connectivity index (χ0v) is 16.3. The summed E-state index contributed by atoms with van der Waals surface area (Å²) in [5.74, 6) is -5.23. The molecular weight excluding hydrogens is 369 g/mol. The van der Waals surface area contributed by atoms with Gasteiger partial charge in [-0.3, -0.25) is 9.59 Å². The number of hydrogen-bond donors (Lipinski definition) is 1. The minimum atomic E-state index is -1.66. The van der Waals surface area contributed by atoms with E-state index in [1.807, 2.05) is 39.0 Å². The van der Waals surface area contributed by atoms with Crippen LogP contribution in [0.5, 0.6) is 0 Å². The second kappa shape index (κ2) is 8.91. The lowest BCUT2D eigenvalue weighted by atomic mass is 9.98. The van der Waals surface area contributed by atoms with Crippen molar-refractivity contribution < 1.29 is 22.8 Å². The third-order valence-corrected chi connectivity index (χ3v) is 4.44. The second-order valence-electron chi connectivity index (χ2n) is 6.86. The summed E-state index contributed by atoms with van der Waals surface area (Å²) in [5.41, 5.74) is 2.17. The number of amides is 2. The summed E-state index contributed by atoms with van der Waals surface area (Å²) in [5, 5.41) is 2.84. The van der Waals surface area contributed by atoms with Gasteiger partial charge in [-0.15, -0.1) is 0 Å². The van der Waals surface area contributed by atoms with Crippen molar-refractivity contribution in [3.05, 3.63) is 58.9 Å². The van der Waals surface area contributed by atoms with E-state index in [0.29, 0.717) is 5.69 Å². The highest BCUT2D eigenvalue weighted by molar-refractivity contribution is 5.95. The van der Waals surface area contributed by atoms with Crippen molar-refractivity contribution in [3.63, 3.8) is 0 Å². The minimum absolute atomic E-state index is 0.135. The van der Waals surface area contributed by atoms with Crippen LogP contribution in [0.15, 0.2) is 30.3 Å². The van der Waals surface area contributed by atoms with Crippen LogP contribution in [-0.4, -0.2) is 18.4 Å². The molecule has 4 nitrogen and oxygen atoms in total. The number of anilines is 2. The SMILES string of the molecule is CC(=O)N(CCC(=O)Nc1c(C)cccc1C(C)C)c1ccc(F)c(F)c1F. The summed E-state index contributed by atoms with van der Waals surface area (Å²) in [6.45, 7) is 6.88. The molecule has 1 N–H and O–H groups in total. The largest absolute Gasteiger partial charge is 0.326 e. The highest BCUT2D eigenvalue weighted by atomic mass is 19.2. The van der Waals surface area contributed by atoms with Gasteiger partial charge in [0.05, 0.1) is 5.69 Å². The molecule has 2 rings (SSSR count). The highest BCUT2D eigenvalue weighted by Crippen LogP contribution is 2.28. The normalized spacial score (nSPS) is 10.9. The number of carbonyl (C=O) groups is 2. The third kappa shape index (κ3) is 4.71. The quantitative estimate of drug-likeness (QED) is 0.710. The molecule has 7 heteroatoms. The first-order valence-corrected chi connectivity index (χ1v) is 8.94. The van der Waals surface area contributed by atoms with E-state index < -0.39 is 29.0 Å². The Morgan fingerprint density at radius 3 is 2.36 bits per heavy atom. The lowest BCUT2D eigenvalue weighted by molar-refractivity contribution is -0.117. The molecule has 2 aromatic carbocycles. The van der Waals surface area contributed by atoms with E-state index in [1.54, 1.807) is 0 Å². The van der Waals surface area contributed by atoms with Crippen LogP contribution >= 0.6 is 0 Å². The Morgan fingerprint density at radius 2 is 1.75 bits per heavy atom. The molecule has 0 heterocycles. The maximum Gasteiger partial charge on any atom is 0.226 e. The molecule has 0 radical (unpaired) electrons. The third-order valence-electron chi connectivity index (χ3n) is 4.44. The average molecular weight is 392 g/mol. The van der Waals surface area contributed by atoms with Crippen LogP contribution in [0.4, 0.5) is 24.5 Å². The Labute approximate surface area is 162 Å². The first kappa shape index (κ1) is 21.5. The predicted molar refractivity (Wildman–Crippen MR) is 103 cm³/mol. The molecule has 2 aromatic rings. The molecule has 0 fully saturated rings. The van der Waals surface area contributed by atoms with Crippen LogP contribution in [0.2, 0.25) is 0 Å². The van der Waals surface area contributed by atoms with E-state index in [0.717, 1.165) is 35.1 Å². The van der Waals surface area contributed by atoms with Gasteiger partial charge in [-0.1, -0.05) is 32.0 Å². The van der Waals surface area contributed by atoms with Gasteiger partial charge in [0.2, 0.25) is 11.8 Å². The van der Waals surface area contributed by atoms with E-state index in [2.05, 4.69) is 5.32 Å². The van der Waals surface area contributed by atoms with Crippen molar-refractivity contribution in [3.8, 4) is 0 Å². The number of rotatable bonds is 6. The van der Waals surface area contributed by atoms with Gasteiger partial charge < -0.3 is 10.2 Å². The summed E-state index contributed by atoms with van der Waals surface area (Å²) in [7, 11) is 0. The molecule has 0 aliphatic carbocycles. The number of para-hydroxylation sites is 1. The Kier molecular flexibility index (Phi) is 6.83. The molecule has 2 amide bonds. The van der Waals surface area contributed by atoms with Gasteiger partial charge in [0.1, 0.15) is 0 Å². The van der Waals surface area contributed by atoms with Crippen LogP contribution in [0, 0.1) is 24.4 Å². The number of nitrogens with zero attached hydrogens (tertiary/aromatic N) is 1. The fraction of sp³-hybridized carbons (Fsp3) is 0.333. The van der Waals surface area contributed by atoms with E-state index in [1.165, 1.54) is 0 Å². The molecule has 28 heavy (non-hydrogen) atoms. The number of carbonyl (C=O) groups excluding carboxylic acids is 2. The topological polar surface area (TPSA) is 49.4 Å². The van der Waals surface area contributed by atoms with Gasteiger partial charge in [0.15, 0.2) is 17.5 Å². The fourth-order valence-electron chi connectivity index (χ4n) is 2.93. The van der Waals surface area contributed by atoms with Gasteiger partial charge in [-0.05, 0) is 36.1 Å². The fourth-order valence-corrected chi connectivity index (χ4v) is 2.93. The van der Waals surface area contributed by atoms with Gasteiger partial charge >= 0.3 is 0 Å². The monoisotopic (exact) mass is 392 g/mol. The molecule has 0 atom stereocenters. The highest BCUT2D eigenvalue weighted by Gasteiger charge is 2.22. The zero-order valence-electron chi connectivity index (χ0n) is 16.3. The Bertz CT molecular complexity index is 897. The number of benzene rings is 2. The number of aryl methyl sites for hydroxylation is 1. The summed E-state index contributed by atoms with van der Waals surface area (Å²) < 4.78 is 40.7. The van der Waals surface area contributed by atoms with Crippen LogP contribution in [0.1, 0.15) is 44.2 Å². The lowest BCUT2D eigenvalue weighted by Gasteiger charge is -2.22. The molecular formula is C21H23F3N2O2. The molecule has 0 saturated heterocycles. The van der Waals surface area contributed by atoms with Gasteiger partial charge in [0, 0.05) is 25.6 Å². The van der Waals surface area contributed by atoms with Crippen LogP contribution in [0.25, 0.3) is 0 Å². The average Bonchev–Trinajstić information content (AvgIpc) is 2.62. The summed E-state index contributed by atoms with van der Waals surface area (Å²) >= 11 is 0. The van der Waals surface area contributed by atoms with Crippen molar-refractivity contribution in [1.29, 1.82) is 0 Å². The van der Waals surface area contributed by atoms with E-state index >= 15 is 0 Å². The van der Waals surface area contributed by atoms with E-state index in [9.17, 15) is 22.8 Å². The number of halogens is 3. The molecule has 150 valence electrons. The Morgan fingerprint density at radius 1 is 1.07 bits per heavy atom. The molecule has 0 aliphatic heterocycles. The maximum absolute atomic E-state index is 14.0. The van der Waals surface area contributed by atoms with Crippen molar-refractivity contribution in [1.82, 2.24) is 0 Å². The predicted octanol–water partition coefficient (Wildman–Crippen LogP) is 4.92. The zero-order chi connectivity index (χ0) is 21.0. The van der Waals surface area contributed by atoms with E-state index in [4.69, 9.17) is 0 Å². The summed E-state index contributed by atoms with van der Waals surface area (Å²) in [6.07, 6.45) is -0.135. The minimum Gasteiger partial charge on any atom is -0.326 e. The van der Waals surface area contributed by atoms with Crippen molar-refractivity contribution in [2.24, 2.45) is 0 Å². The smallest absolute Gasteiger partial charge is 0.226 e. The van der Waals surface area contributed by atoms with E-state index in [-0.39, 0.29) is 24.8 Å². The standard InChI is InChI=1S/C21H23F3N2O2/c1-12(2)15-7-5-6-13(3)21(15)25-18(28)10-11-26(14(4)27)17-9-8-16(22)19(23)20(17)24/h5-9,12H,10-11H2,1-4H3,(H,25,28). The molecule has 0 bridgehead atoms. The second-order valence-corrected chi connectivity index (χ2v) is 6.86. The number of nitrogens with one attached hydrogen (secondary N) is 1. The molecule has 0 aliphatic rings. The molecule has 0 spiro atoms. The van der Waals surface area contributed by atoms with Gasteiger partial charge in [-0.2, -0.15) is 0 Å². The maximum atomic E-state index is 14.0. The molecule has 0 saturated carbocycles. The molecule has 0 unspecified atom stereocenters. The van der Waals surface area contributed by atoms with Crippen molar-refractivity contribution >= 4 is 23.2 Å². The first-order valence-electron chi connectivity index (χ1n) is 8.94. The van der Waals surface area contributed by atoms with Gasteiger partial charge in [-0.25, -0.2) is 13.2 Å².